The van der Waals surface area contributed by atoms with Crippen LogP contribution in [-0.4, -0.2) is 32.1 Å². The summed E-state index contributed by atoms with van der Waals surface area (Å²) in [6, 6.07) is 12.8. The number of benzene rings is 2. The Morgan fingerprint density at radius 3 is 2.40 bits per heavy atom. The third kappa shape index (κ3) is 5.31. The molecule has 0 spiro atoms. The molecule has 0 aliphatic carbocycles. The van der Waals surface area contributed by atoms with Crippen molar-refractivity contribution >= 4 is 11.9 Å². The van der Waals surface area contributed by atoms with E-state index in [4.69, 9.17) is 9.47 Å². The maximum Gasteiger partial charge on any atom is 0.328 e. The van der Waals surface area contributed by atoms with Gasteiger partial charge in [-0.25, -0.2) is 9.18 Å². The lowest BCUT2D eigenvalue weighted by Crippen LogP contribution is -2.43. The van der Waals surface area contributed by atoms with Crippen molar-refractivity contribution < 1.29 is 23.5 Å². The zero-order valence-corrected chi connectivity index (χ0v) is 14.1. The molecule has 0 saturated carbocycles. The van der Waals surface area contributed by atoms with Gasteiger partial charge in [-0.1, -0.05) is 36.4 Å². The van der Waals surface area contributed by atoms with Crippen LogP contribution < -0.4 is 10.1 Å². The van der Waals surface area contributed by atoms with Gasteiger partial charge in [0.15, 0.2) is 11.6 Å². The maximum absolute atomic E-state index is 13.7. The first kappa shape index (κ1) is 18.4. The molecule has 1 atom stereocenters. The van der Waals surface area contributed by atoms with E-state index in [1.807, 2.05) is 30.3 Å². The van der Waals surface area contributed by atoms with Crippen molar-refractivity contribution in [3.05, 3.63) is 65.5 Å². The standard InChI is InChI=1S/C19H20FNO4/c1-24-17-9-8-14(10-15(17)20)12-18(22)21-16(19(23)25-2)11-13-6-4-3-5-7-13/h3-10,16H,11-12H2,1-2H3,(H,21,22)/t16-/m0/s1. The minimum atomic E-state index is -0.803. The summed E-state index contributed by atoms with van der Waals surface area (Å²) in [7, 11) is 2.64. The quantitative estimate of drug-likeness (QED) is 0.782. The monoisotopic (exact) mass is 345 g/mol. The third-order valence-electron chi connectivity index (χ3n) is 3.68. The van der Waals surface area contributed by atoms with E-state index in [1.165, 1.54) is 26.4 Å². The van der Waals surface area contributed by atoms with E-state index >= 15 is 0 Å². The molecule has 0 aliphatic rings. The van der Waals surface area contributed by atoms with Gasteiger partial charge in [0.1, 0.15) is 6.04 Å². The van der Waals surface area contributed by atoms with E-state index in [2.05, 4.69) is 5.32 Å². The molecule has 2 aromatic rings. The van der Waals surface area contributed by atoms with Crippen LogP contribution in [0, 0.1) is 5.82 Å². The second-order valence-corrected chi connectivity index (χ2v) is 5.48. The molecular weight excluding hydrogens is 325 g/mol. The van der Waals surface area contributed by atoms with Gasteiger partial charge in [-0.3, -0.25) is 4.79 Å². The van der Waals surface area contributed by atoms with Crippen LogP contribution in [0.4, 0.5) is 4.39 Å². The number of hydrogen-bond donors (Lipinski definition) is 1. The Labute approximate surface area is 145 Å². The predicted molar refractivity (Wildman–Crippen MR) is 90.7 cm³/mol. The summed E-state index contributed by atoms with van der Waals surface area (Å²) in [6.07, 6.45) is 0.263. The molecule has 5 nitrogen and oxygen atoms in total. The van der Waals surface area contributed by atoms with Crippen LogP contribution in [0.25, 0.3) is 0 Å². The summed E-state index contributed by atoms with van der Waals surface area (Å²) in [4.78, 5) is 24.2. The van der Waals surface area contributed by atoms with Crippen LogP contribution in [-0.2, 0) is 27.2 Å². The molecular formula is C19H20FNO4. The van der Waals surface area contributed by atoms with Gasteiger partial charge in [0.2, 0.25) is 5.91 Å². The van der Waals surface area contributed by atoms with Gasteiger partial charge in [0, 0.05) is 6.42 Å². The minimum Gasteiger partial charge on any atom is -0.494 e. The highest BCUT2D eigenvalue weighted by Gasteiger charge is 2.22. The molecule has 132 valence electrons. The van der Waals surface area contributed by atoms with Gasteiger partial charge in [-0.05, 0) is 23.3 Å². The molecule has 0 saturated heterocycles. The highest BCUT2D eigenvalue weighted by atomic mass is 19.1. The Bertz CT molecular complexity index is 733. The Hall–Kier alpha value is -2.89. The molecule has 0 unspecified atom stereocenters. The van der Waals surface area contributed by atoms with Crippen molar-refractivity contribution in [3.8, 4) is 5.75 Å². The Morgan fingerprint density at radius 2 is 1.80 bits per heavy atom. The van der Waals surface area contributed by atoms with Crippen LogP contribution in [0.15, 0.2) is 48.5 Å². The molecule has 0 bridgehead atoms. The van der Waals surface area contributed by atoms with E-state index in [9.17, 15) is 14.0 Å². The van der Waals surface area contributed by atoms with E-state index in [0.717, 1.165) is 5.56 Å². The highest BCUT2D eigenvalue weighted by Crippen LogP contribution is 2.18. The number of carbonyl (C=O) groups is 2. The number of hydrogen-bond acceptors (Lipinski definition) is 4. The molecule has 0 fully saturated rings. The van der Waals surface area contributed by atoms with Crippen molar-refractivity contribution in [3.63, 3.8) is 0 Å². The van der Waals surface area contributed by atoms with Gasteiger partial charge in [0.25, 0.3) is 0 Å². The zero-order valence-electron chi connectivity index (χ0n) is 14.1. The van der Waals surface area contributed by atoms with Gasteiger partial charge in [0.05, 0.1) is 20.6 Å². The summed E-state index contributed by atoms with van der Waals surface area (Å²) in [5, 5.41) is 2.65. The lowest BCUT2D eigenvalue weighted by molar-refractivity contribution is -0.145. The first-order valence-corrected chi connectivity index (χ1v) is 7.77. The van der Waals surface area contributed by atoms with Crippen LogP contribution >= 0.6 is 0 Å². The topological polar surface area (TPSA) is 64.6 Å². The molecule has 2 rings (SSSR count). The molecule has 0 radical (unpaired) electrons. The van der Waals surface area contributed by atoms with E-state index in [1.54, 1.807) is 6.07 Å². The average molecular weight is 345 g/mol. The summed E-state index contributed by atoms with van der Waals surface area (Å²) in [6.45, 7) is 0. The molecule has 0 aliphatic heterocycles. The normalized spacial score (nSPS) is 11.5. The predicted octanol–water partition coefficient (Wildman–Crippen LogP) is 2.28. The van der Waals surface area contributed by atoms with Crippen LogP contribution in [0.3, 0.4) is 0 Å². The number of methoxy groups -OCH3 is 2. The number of rotatable bonds is 7. The van der Waals surface area contributed by atoms with E-state index in [-0.39, 0.29) is 12.2 Å². The van der Waals surface area contributed by atoms with Crippen LogP contribution in [0.2, 0.25) is 0 Å². The minimum absolute atomic E-state index is 0.0524. The summed E-state index contributed by atoms with van der Waals surface area (Å²) in [5.74, 6) is -1.35. The van der Waals surface area contributed by atoms with Crippen LogP contribution in [0.1, 0.15) is 11.1 Å². The van der Waals surface area contributed by atoms with Crippen molar-refractivity contribution in [2.75, 3.05) is 14.2 Å². The molecule has 1 amide bonds. The van der Waals surface area contributed by atoms with Gasteiger partial charge in [-0.2, -0.15) is 0 Å². The number of carbonyl (C=O) groups excluding carboxylic acids is 2. The SMILES string of the molecule is COC(=O)[C@H](Cc1ccccc1)NC(=O)Cc1ccc(OC)c(F)c1. The lowest BCUT2D eigenvalue weighted by Gasteiger charge is -2.17. The molecule has 0 heterocycles. The molecule has 0 aromatic heterocycles. The first-order valence-electron chi connectivity index (χ1n) is 7.77. The van der Waals surface area contributed by atoms with Crippen molar-refractivity contribution in [1.82, 2.24) is 5.32 Å². The van der Waals surface area contributed by atoms with E-state index in [0.29, 0.717) is 12.0 Å². The van der Waals surface area contributed by atoms with Gasteiger partial charge >= 0.3 is 5.97 Å². The Balaban J connectivity index is 2.03. The molecule has 1 N–H and O–H groups in total. The summed E-state index contributed by atoms with van der Waals surface area (Å²) >= 11 is 0. The summed E-state index contributed by atoms with van der Waals surface area (Å²) < 4.78 is 23.3. The second-order valence-electron chi connectivity index (χ2n) is 5.48. The smallest absolute Gasteiger partial charge is 0.328 e. The van der Waals surface area contributed by atoms with Crippen LogP contribution in [0.5, 0.6) is 5.75 Å². The van der Waals surface area contributed by atoms with Crippen molar-refractivity contribution in [2.24, 2.45) is 0 Å². The zero-order chi connectivity index (χ0) is 18.2. The number of amides is 1. The third-order valence-corrected chi connectivity index (χ3v) is 3.68. The lowest BCUT2D eigenvalue weighted by atomic mass is 10.1. The Kier molecular flexibility index (Phi) is 6.51. The molecule has 2 aromatic carbocycles. The second kappa shape index (κ2) is 8.82. The number of ether oxygens (including phenoxy) is 2. The number of halogens is 1. The fourth-order valence-electron chi connectivity index (χ4n) is 2.44. The van der Waals surface area contributed by atoms with Gasteiger partial charge < -0.3 is 14.8 Å². The highest BCUT2D eigenvalue weighted by molar-refractivity contribution is 5.85. The first-order chi connectivity index (χ1) is 12.0. The Morgan fingerprint density at radius 1 is 1.08 bits per heavy atom. The van der Waals surface area contributed by atoms with Gasteiger partial charge in [-0.15, -0.1) is 0 Å². The fraction of sp³-hybridized carbons (Fsp3) is 0.263. The largest absolute Gasteiger partial charge is 0.494 e. The summed E-state index contributed by atoms with van der Waals surface area (Å²) in [5.41, 5.74) is 1.38. The fourth-order valence-corrected chi connectivity index (χ4v) is 2.44. The van der Waals surface area contributed by atoms with E-state index < -0.39 is 23.7 Å². The average Bonchev–Trinajstić information content (AvgIpc) is 2.61. The maximum atomic E-state index is 13.7. The number of nitrogens with one attached hydrogen (secondary N) is 1. The number of esters is 1. The molecule has 6 heteroatoms. The van der Waals surface area contributed by atoms with Crippen molar-refractivity contribution in [2.45, 2.75) is 18.9 Å². The molecule has 25 heavy (non-hydrogen) atoms. The van der Waals surface area contributed by atoms with Crippen molar-refractivity contribution in [1.29, 1.82) is 0 Å².